The maximum Gasteiger partial charge on any atom is 0.133 e. The molecule has 0 spiro atoms. The van der Waals surface area contributed by atoms with Crippen LogP contribution in [0.3, 0.4) is 0 Å². The molecule has 0 fully saturated rings. The van der Waals surface area contributed by atoms with Crippen molar-refractivity contribution in [2.45, 2.75) is 39.3 Å². The second kappa shape index (κ2) is 5.29. The van der Waals surface area contributed by atoms with Crippen LogP contribution in [-0.4, -0.2) is 12.0 Å². The highest BCUT2D eigenvalue weighted by atomic mass is 16.3. The van der Waals surface area contributed by atoms with Crippen LogP contribution in [0.25, 0.3) is 0 Å². The van der Waals surface area contributed by atoms with Crippen LogP contribution in [-0.2, 0) is 25.9 Å². The maximum atomic E-state index is 5.90. The fourth-order valence-corrected chi connectivity index (χ4v) is 2.90. The number of nitrogens with two attached hydrogens (primary N) is 1. The van der Waals surface area contributed by atoms with Crippen molar-refractivity contribution in [1.29, 1.82) is 0 Å². The average molecular weight is 271 g/mol. The molecule has 2 aromatic heterocycles. The van der Waals surface area contributed by atoms with Gasteiger partial charge >= 0.3 is 0 Å². The lowest BCUT2D eigenvalue weighted by Crippen LogP contribution is -2.21. The molecule has 106 valence electrons. The van der Waals surface area contributed by atoms with Crippen LogP contribution in [0.4, 0.5) is 5.82 Å². The van der Waals surface area contributed by atoms with Crippen molar-refractivity contribution in [1.82, 2.24) is 4.98 Å². The van der Waals surface area contributed by atoms with Crippen LogP contribution in [0.15, 0.2) is 22.8 Å². The lowest BCUT2D eigenvalue weighted by molar-refractivity contribution is 0.529. The van der Waals surface area contributed by atoms with Gasteiger partial charge < -0.3 is 15.1 Å². The molecule has 0 atom stereocenters. The second-order valence-corrected chi connectivity index (χ2v) is 5.49. The van der Waals surface area contributed by atoms with E-state index in [9.17, 15) is 0 Å². The van der Waals surface area contributed by atoms with Gasteiger partial charge in [-0.2, -0.15) is 0 Å². The van der Waals surface area contributed by atoms with E-state index in [0.29, 0.717) is 6.54 Å². The normalized spacial score (nSPS) is 13.6. The summed E-state index contributed by atoms with van der Waals surface area (Å²) in [4.78, 5) is 7.01. The first-order chi connectivity index (χ1) is 9.69. The third-order valence-electron chi connectivity index (χ3n) is 4.06. The van der Waals surface area contributed by atoms with Crippen molar-refractivity contribution in [3.8, 4) is 0 Å². The molecule has 0 radical (unpaired) electrons. The van der Waals surface area contributed by atoms with Crippen molar-refractivity contribution >= 4 is 5.82 Å². The molecule has 0 aromatic carbocycles. The molecular weight excluding hydrogens is 250 g/mol. The van der Waals surface area contributed by atoms with Gasteiger partial charge in [-0.3, -0.25) is 0 Å². The van der Waals surface area contributed by atoms with Gasteiger partial charge in [-0.05, 0) is 43.9 Å². The molecule has 0 saturated heterocycles. The molecule has 0 saturated carbocycles. The molecule has 0 unspecified atom stereocenters. The minimum atomic E-state index is 0.532. The van der Waals surface area contributed by atoms with Crippen LogP contribution >= 0.6 is 0 Å². The standard InChI is InChI=1S/C16H21N3O/c1-11-13(6-7-20-11)10-19(2)16-14(9-17)8-12-4-3-5-15(12)18-16/h6-8H,3-5,9-10,17H2,1-2H3. The topological polar surface area (TPSA) is 55.3 Å². The minimum absolute atomic E-state index is 0.532. The minimum Gasteiger partial charge on any atom is -0.469 e. The Morgan fingerprint density at radius 1 is 1.35 bits per heavy atom. The van der Waals surface area contributed by atoms with Crippen molar-refractivity contribution in [3.63, 3.8) is 0 Å². The van der Waals surface area contributed by atoms with Crippen LogP contribution in [0.5, 0.6) is 0 Å². The van der Waals surface area contributed by atoms with E-state index in [1.165, 1.54) is 23.2 Å². The summed E-state index contributed by atoms with van der Waals surface area (Å²) < 4.78 is 5.36. The Kier molecular flexibility index (Phi) is 3.49. The zero-order valence-electron chi connectivity index (χ0n) is 12.1. The molecule has 2 N–H and O–H groups in total. The summed E-state index contributed by atoms with van der Waals surface area (Å²) in [5.74, 6) is 1.97. The second-order valence-electron chi connectivity index (χ2n) is 5.49. The van der Waals surface area contributed by atoms with Crippen molar-refractivity contribution in [3.05, 3.63) is 46.5 Å². The number of rotatable bonds is 4. The zero-order chi connectivity index (χ0) is 14.1. The van der Waals surface area contributed by atoms with E-state index >= 15 is 0 Å². The van der Waals surface area contributed by atoms with E-state index in [1.54, 1.807) is 6.26 Å². The van der Waals surface area contributed by atoms with E-state index in [0.717, 1.165) is 36.5 Å². The van der Waals surface area contributed by atoms with Gasteiger partial charge in [0.15, 0.2) is 0 Å². The van der Waals surface area contributed by atoms with E-state index in [2.05, 4.69) is 18.0 Å². The molecule has 1 aliphatic rings. The number of furan rings is 1. The van der Waals surface area contributed by atoms with E-state index in [1.807, 2.05) is 13.0 Å². The Bertz CT molecular complexity index is 618. The molecule has 0 aliphatic heterocycles. The Morgan fingerprint density at radius 2 is 2.20 bits per heavy atom. The van der Waals surface area contributed by atoms with Crippen LogP contribution < -0.4 is 10.6 Å². The van der Waals surface area contributed by atoms with Crippen molar-refractivity contribution in [2.75, 3.05) is 11.9 Å². The first-order valence-electron chi connectivity index (χ1n) is 7.15. The number of nitrogens with zero attached hydrogens (tertiary/aromatic N) is 2. The van der Waals surface area contributed by atoms with Gasteiger partial charge in [-0.1, -0.05) is 0 Å². The lowest BCUT2D eigenvalue weighted by atomic mass is 10.1. The monoisotopic (exact) mass is 271 g/mol. The van der Waals surface area contributed by atoms with Gasteiger partial charge in [0.25, 0.3) is 0 Å². The van der Waals surface area contributed by atoms with E-state index < -0.39 is 0 Å². The van der Waals surface area contributed by atoms with Gasteiger partial charge in [0, 0.05) is 37.0 Å². The number of hydrogen-bond donors (Lipinski definition) is 1. The van der Waals surface area contributed by atoms with Crippen LogP contribution in [0, 0.1) is 6.92 Å². The fourth-order valence-electron chi connectivity index (χ4n) is 2.90. The van der Waals surface area contributed by atoms with Crippen LogP contribution in [0.1, 0.15) is 34.6 Å². The summed E-state index contributed by atoms with van der Waals surface area (Å²) in [6, 6.07) is 4.25. The predicted octanol–water partition coefficient (Wildman–Crippen LogP) is 2.57. The summed E-state index contributed by atoms with van der Waals surface area (Å²) in [5.41, 5.74) is 10.8. The summed E-state index contributed by atoms with van der Waals surface area (Å²) in [7, 11) is 2.06. The molecule has 0 bridgehead atoms. The van der Waals surface area contributed by atoms with Gasteiger partial charge in [-0.15, -0.1) is 0 Å². The Labute approximate surface area is 119 Å². The van der Waals surface area contributed by atoms with Gasteiger partial charge in [0.05, 0.1) is 6.26 Å². The molecule has 20 heavy (non-hydrogen) atoms. The Morgan fingerprint density at radius 3 is 2.90 bits per heavy atom. The highest BCUT2D eigenvalue weighted by Crippen LogP contribution is 2.27. The van der Waals surface area contributed by atoms with Crippen LogP contribution in [0.2, 0.25) is 0 Å². The molecule has 2 heterocycles. The third kappa shape index (κ3) is 2.31. The number of hydrogen-bond acceptors (Lipinski definition) is 4. The number of aryl methyl sites for hydroxylation is 3. The fraction of sp³-hybridized carbons (Fsp3) is 0.438. The zero-order valence-corrected chi connectivity index (χ0v) is 12.1. The maximum absolute atomic E-state index is 5.90. The molecule has 4 nitrogen and oxygen atoms in total. The molecule has 0 amide bonds. The number of aromatic nitrogens is 1. The van der Waals surface area contributed by atoms with Crippen molar-refractivity contribution < 1.29 is 4.42 Å². The average Bonchev–Trinajstić information content (AvgIpc) is 3.06. The summed E-state index contributed by atoms with van der Waals surface area (Å²) in [5, 5.41) is 0. The summed E-state index contributed by atoms with van der Waals surface area (Å²) in [6.45, 7) is 3.31. The summed E-state index contributed by atoms with van der Waals surface area (Å²) >= 11 is 0. The smallest absolute Gasteiger partial charge is 0.133 e. The van der Waals surface area contributed by atoms with Gasteiger partial charge in [0.1, 0.15) is 11.6 Å². The van der Waals surface area contributed by atoms with Gasteiger partial charge in [-0.25, -0.2) is 4.98 Å². The predicted molar refractivity (Wildman–Crippen MR) is 79.7 cm³/mol. The summed E-state index contributed by atoms with van der Waals surface area (Å²) in [6.07, 6.45) is 5.17. The third-order valence-corrected chi connectivity index (χ3v) is 4.06. The first-order valence-corrected chi connectivity index (χ1v) is 7.15. The molecule has 1 aliphatic carbocycles. The lowest BCUT2D eigenvalue weighted by Gasteiger charge is -2.22. The van der Waals surface area contributed by atoms with Crippen molar-refractivity contribution in [2.24, 2.45) is 5.73 Å². The van der Waals surface area contributed by atoms with Gasteiger partial charge in [0.2, 0.25) is 0 Å². The number of fused-ring (bicyclic) bond motifs is 1. The quantitative estimate of drug-likeness (QED) is 0.928. The number of anilines is 1. The molecule has 2 aromatic rings. The largest absolute Gasteiger partial charge is 0.469 e. The molecular formula is C16H21N3O. The molecule has 3 rings (SSSR count). The Balaban J connectivity index is 1.90. The highest BCUT2D eigenvalue weighted by Gasteiger charge is 2.18. The highest BCUT2D eigenvalue weighted by molar-refractivity contribution is 5.51. The first kappa shape index (κ1) is 13.2. The SMILES string of the molecule is Cc1occc1CN(C)c1nc2c(cc1CN)CCC2. The Hall–Kier alpha value is -1.81. The van der Waals surface area contributed by atoms with E-state index in [4.69, 9.17) is 15.1 Å². The number of pyridine rings is 1. The molecule has 4 heteroatoms. The van der Waals surface area contributed by atoms with E-state index in [-0.39, 0.29) is 0 Å².